The van der Waals surface area contributed by atoms with E-state index in [0.717, 1.165) is 50.4 Å². The maximum absolute atomic E-state index is 15.4. The maximum atomic E-state index is 15.4. The molecule has 0 bridgehead atoms. The summed E-state index contributed by atoms with van der Waals surface area (Å²) < 4.78 is 95.7. The van der Waals surface area contributed by atoms with Crippen molar-refractivity contribution in [3.63, 3.8) is 0 Å². The Morgan fingerprint density at radius 2 is 0.833 bits per heavy atom. The summed E-state index contributed by atoms with van der Waals surface area (Å²) in [5.74, 6) is 0. The minimum atomic E-state index is -5.22. The number of aromatic nitrogens is 4. The molecule has 0 spiro atoms. The second-order valence-electron chi connectivity index (χ2n) is 17.5. The number of hydrogen-bond donors (Lipinski definition) is 0. The minimum absolute atomic E-state index is 0.149. The molecule has 0 saturated heterocycles. The average molecular weight is 952 g/mol. The molecule has 4 aromatic heterocycles. The van der Waals surface area contributed by atoms with E-state index in [1.807, 2.05) is 162 Å². The van der Waals surface area contributed by atoms with Crippen LogP contribution in [0.15, 0.2) is 213 Å². The van der Waals surface area contributed by atoms with Gasteiger partial charge in [-0.2, -0.15) is 31.6 Å². The Balaban J connectivity index is 1.19. The van der Waals surface area contributed by atoms with Gasteiger partial charge in [-0.1, -0.05) is 133 Å². The lowest BCUT2D eigenvalue weighted by atomic mass is 9.90. The zero-order valence-electron chi connectivity index (χ0n) is 37.7. The Hall–Kier alpha value is -9.27. The fraction of sp³-hybridized carbons (Fsp3) is 0.0328. The van der Waals surface area contributed by atoms with Crippen molar-refractivity contribution < 1.29 is 26.3 Å². The monoisotopic (exact) mass is 951 g/mol. The Morgan fingerprint density at radius 1 is 0.389 bits per heavy atom. The van der Waals surface area contributed by atoms with Crippen molar-refractivity contribution in [1.82, 2.24) is 19.1 Å². The molecule has 12 aromatic rings. The zero-order valence-corrected chi connectivity index (χ0v) is 37.7. The molecule has 0 radical (unpaired) electrons. The Labute approximate surface area is 407 Å². The molecule has 0 fully saturated rings. The van der Waals surface area contributed by atoms with Crippen LogP contribution >= 0.6 is 0 Å². The fourth-order valence-electron chi connectivity index (χ4n) is 10.2. The number of para-hydroxylation sites is 2. The Kier molecular flexibility index (Phi) is 10.4. The van der Waals surface area contributed by atoms with E-state index in [-0.39, 0.29) is 16.9 Å². The van der Waals surface area contributed by atoms with Gasteiger partial charge in [0.05, 0.1) is 56.0 Å². The molecule has 0 saturated carbocycles. The molecule has 0 aliphatic heterocycles. The molecule has 0 amide bonds. The van der Waals surface area contributed by atoms with Crippen LogP contribution in [0.3, 0.4) is 0 Å². The van der Waals surface area contributed by atoms with Crippen LogP contribution in [0.25, 0.3) is 111 Å². The predicted octanol–water partition coefficient (Wildman–Crippen LogP) is 16.9. The van der Waals surface area contributed by atoms with E-state index in [4.69, 9.17) is 0 Å². The summed E-state index contributed by atoms with van der Waals surface area (Å²) in [7, 11) is 0. The number of fused-ring (bicyclic) bond motifs is 6. The number of rotatable bonds is 7. The molecule has 11 heteroatoms. The van der Waals surface area contributed by atoms with E-state index < -0.39 is 34.6 Å². The SMILES string of the molecule is N#Cc1c(-n2c3ccccc3c3ccc(-c4ccnc(-c5ccccc5)c4)cc32)ccc(-c2c(C(F)(F)F)cccc2C(F)(F)F)c1-n1c2ccccc2c2ccc(-c3ccnc(-c4ccccc4)c3)cc21. The fourth-order valence-corrected chi connectivity index (χ4v) is 10.2. The van der Waals surface area contributed by atoms with Gasteiger partial charge in [0.1, 0.15) is 11.6 Å². The maximum Gasteiger partial charge on any atom is 0.417 e. The molecule has 5 nitrogen and oxygen atoms in total. The first kappa shape index (κ1) is 44.0. The summed E-state index contributed by atoms with van der Waals surface area (Å²) in [5, 5.41) is 14.7. The van der Waals surface area contributed by atoms with E-state index in [9.17, 15) is 5.26 Å². The number of benzene rings is 8. The van der Waals surface area contributed by atoms with Gasteiger partial charge in [0.25, 0.3) is 0 Å². The Morgan fingerprint density at radius 3 is 1.33 bits per heavy atom. The molecule has 8 aromatic carbocycles. The minimum Gasteiger partial charge on any atom is -0.308 e. The molecule has 0 unspecified atom stereocenters. The normalized spacial score (nSPS) is 12.0. The first-order valence-corrected chi connectivity index (χ1v) is 22.9. The van der Waals surface area contributed by atoms with Gasteiger partial charge >= 0.3 is 12.4 Å². The number of pyridine rings is 2. The molecule has 12 rings (SSSR count). The molecule has 4 heterocycles. The lowest BCUT2D eigenvalue weighted by molar-refractivity contribution is -0.142. The number of nitrogens with zero attached hydrogens (tertiary/aromatic N) is 5. The van der Waals surface area contributed by atoms with Crippen molar-refractivity contribution in [3.8, 4) is 73.3 Å². The second kappa shape index (κ2) is 17.0. The molecular formula is C61H35F6N5. The van der Waals surface area contributed by atoms with Gasteiger partial charge in [0.15, 0.2) is 0 Å². The summed E-state index contributed by atoms with van der Waals surface area (Å²) in [5.41, 5.74) is 4.12. The third-order valence-electron chi connectivity index (χ3n) is 13.4. The molecular weight excluding hydrogens is 917 g/mol. The van der Waals surface area contributed by atoms with Crippen molar-refractivity contribution >= 4 is 43.6 Å². The highest BCUT2D eigenvalue weighted by atomic mass is 19.4. The summed E-state index contributed by atoms with van der Waals surface area (Å²) in [6.07, 6.45) is -7.02. The first-order chi connectivity index (χ1) is 35.0. The molecule has 72 heavy (non-hydrogen) atoms. The first-order valence-electron chi connectivity index (χ1n) is 22.9. The van der Waals surface area contributed by atoms with Crippen LogP contribution in [0.2, 0.25) is 0 Å². The van der Waals surface area contributed by atoms with E-state index in [1.54, 1.807) is 29.1 Å². The number of hydrogen-bond acceptors (Lipinski definition) is 3. The van der Waals surface area contributed by atoms with E-state index >= 15 is 26.3 Å². The number of alkyl halides is 6. The quantitative estimate of drug-likeness (QED) is 0.150. The van der Waals surface area contributed by atoms with E-state index in [1.165, 1.54) is 12.1 Å². The summed E-state index contributed by atoms with van der Waals surface area (Å²) >= 11 is 0. The molecule has 346 valence electrons. The van der Waals surface area contributed by atoms with Gasteiger partial charge in [-0.15, -0.1) is 0 Å². The van der Waals surface area contributed by atoms with Crippen LogP contribution < -0.4 is 0 Å². The van der Waals surface area contributed by atoms with Gasteiger partial charge in [-0.25, -0.2) is 0 Å². The highest BCUT2D eigenvalue weighted by Crippen LogP contribution is 2.49. The van der Waals surface area contributed by atoms with Crippen molar-refractivity contribution in [2.24, 2.45) is 0 Å². The summed E-state index contributed by atoms with van der Waals surface area (Å²) in [6.45, 7) is 0. The van der Waals surface area contributed by atoms with Crippen LogP contribution in [-0.4, -0.2) is 19.1 Å². The topological polar surface area (TPSA) is 59.4 Å². The van der Waals surface area contributed by atoms with Gasteiger partial charge in [-0.05, 0) is 89.0 Å². The highest BCUT2D eigenvalue weighted by molar-refractivity contribution is 6.13. The molecule has 0 N–H and O–H groups in total. The Bertz CT molecular complexity index is 4110. The lowest BCUT2D eigenvalue weighted by Crippen LogP contribution is -2.16. The highest BCUT2D eigenvalue weighted by Gasteiger charge is 2.42. The lowest BCUT2D eigenvalue weighted by Gasteiger charge is -2.24. The third kappa shape index (κ3) is 7.35. The van der Waals surface area contributed by atoms with E-state index in [2.05, 4.69) is 16.0 Å². The number of nitriles is 1. The smallest absolute Gasteiger partial charge is 0.308 e. The summed E-state index contributed by atoms with van der Waals surface area (Å²) in [6, 6.07) is 60.6. The van der Waals surface area contributed by atoms with Crippen molar-refractivity contribution in [3.05, 3.63) is 229 Å². The largest absolute Gasteiger partial charge is 0.417 e. The summed E-state index contributed by atoms with van der Waals surface area (Å²) in [4.78, 5) is 9.23. The molecule has 0 aliphatic rings. The van der Waals surface area contributed by atoms with Crippen molar-refractivity contribution in [2.75, 3.05) is 0 Å². The van der Waals surface area contributed by atoms with Crippen molar-refractivity contribution in [2.45, 2.75) is 12.4 Å². The predicted molar refractivity (Wildman–Crippen MR) is 273 cm³/mol. The third-order valence-corrected chi connectivity index (χ3v) is 13.4. The van der Waals surface area contributed by atoms with Gasteiger partial charge in [0, 0.05) is 56.2 Å². The average Bonchev–Trinajstić information content (AvgIpc) is 3.92. The van der Waals surface area contributed by atoms with Crippen molar-refractivity contribution in [1.29, 1.82) is 5.26 Å². The van der Waals surface area contributed by atoms with Crippen LogP contribution in [0.5, 0.6) is 0 Å². The second-order valence-corrected chi connectivity index (χ2v) is 17.5. The number of halogens is 6. The zero-order chi connectivity index (χ0) is 49.3. The van der Waals surface area contributed by atoms with Crippen LogP contribution in [-0.2, 0) is 12.4 Å². The van der Waals surface area contributed by atoms with E-state index in [0.29, 0.717) is 56.2 Å². The van der Waals surface area contributed by atoms with Crippen LogP contribution in [0, 0.1) is 11.3 Å². The van der Waals surface area contributed by atoms with Gasteiger partial charge in [-0.3, -0.25) is 9.97 Å². The standard InChI is InChI=1S/C61H35F6N5/c62-60(63,64)49-18-11-19-50(61(65,66)67)58(49)47-26-27-55(71-53-20-9-7-16-43(53)45-24-22-39(34-56(45)71)41-28-30-69-51(32-41)37-12-3-1-4-13-37)48(36-68)59(47)72-54-21-10-8-17-44(54)46-25-23-40(35-57(46)72)42-29-31-70-52(33-42)38-14-5-2-6-15-38/h1-35H. The molecule has 0 aliphatic carbocycles. The van der Waals surface area contributed by atoms with Gasteiger partial charge in [0.2, 0.25) is 0 Å². The van der Waals surface area contributed by atoms with Crippen LogP contribution in [0.1, 0.15) is 16.7 Å². The van der Waals surface area contributed by atoms with Crippen LogP contribution in [0.4, 0.5) is 26.3 Å². The molecule has 0 atom stereocenters. The van der Waals surface area contributed by atoms with Gasteiger partial charge < -0.3 is 9.13 Å².